The van der Waals surface area contributed by atoms with Crippen LogP contribution in [0.2, 0.25) is 5.02 Å². The number of carbonyl (C=O) groups excluding carboxylic acids is 1. The van der Waals surface area contributed by atoms with Crippen LogP contribution in [0.3, 0.4) is 0 Å². The molecule has 0 radical (unpaired) electrons. The molecule has 1 N–H and O–H groups in total. The molecule has 0 saturated carbocycles. The number of rotatable bonds is 6. The van der Waals surface area contributed by atoms with E-state index in [2.05, 4.69) is 10.4 Å². The average molecular weight is 387 g/mol. The fourth-order valence-electron chi connectivity index (χ4n) is 2.94. The maximum Gasteiger partial charge on any atom is 0.251 e. The summed E-state index contributed by atoms with van der Waals surface area (Å²) in [5, 5.41) is 8.06. The van der Waals surface area contributed by atoms with Crippen LogP contribution in [-0.4, -0.2) is 41.2 Å². The number of amides is 1. The molecule has 0 saturated heterocycles. The number of furan rings is 1. The SMILES string of the molecule is Cc1nn(-c2ccc(C(=O)NCC(c3ccco3)N(C)C)cc2)c(C)c1Cl. The van der Waals surface area contributed by atoms with Gasteiger partial charge in [-0.3, -0.25) is 9.69 Å². The van der Waals surface area contributed by atoms with Gasteiger partial charge in [0, 0.05) is 12.1 Å². The van der Waals surface area contributed by atoms with Crippen LogP contribution in [0.4, 0.5) is 0 Å². The molecule has 0 aliphatic carbocycles. The van der Waals surface area contributed by atoms with Gasteiger partial charge in [-0.2, -0.15) is 5.10 Å². The highest BCUT2D eigenvalue weighted by Crippen LogP contribution is 2.22. The van der Waals surface area contributed by atoms with Crippen molar-refractivity contribution in [3.63, 3.8) is 0 Å². The first-order valence-corrected chi connectivity index (χ1v) is 9.06. The van der Waals surface area contributed by atoms with E-state index in [0.717, 1.165) is 22.8 Å². The Kier molecular flexibility index (Phi) is 5.68. The third-order valence-corrected chi connectivity index (χ3v) is 5.07. The van der Waals surface area contributed by atoms with Crippen LogP contribution in [-0.2, 0) is 0 Å². The van der Waals surface area contributed by atoms with Crippen LogP contribution < -0.4 is 5.32 Å². The Morgan fingerprint density at radius 1 is 1.26 bits per heavy atom. The van der Waals surface area contributed by atoms with Gasteiger partial charge in [0.2, 0.25) is 0 Å². The number of halogens is 1. The first-order valence-electron chi connectivity index (χ1n) is 8.68. The van der Waals surface area contributed by atoms with E-state index in [9.17, 15) is 4.79 Å². The molecular weight excluding hydrogens is 364 g/mol. The molecule has 0 aliphatic rings. The summed E-state index contributed by atoms with van der Waals surface area (Å²) < 4.78 is 7.25. The molecule has 1 amide bonds. The Bertz CT molecular complexity index is 914. The number of likely N-dealkylation sites (N-methyl/N-ethyl adjacent to an activating group) is 1. The average Bonchev–Trinajstić information content (AvgIpc) is 3.26. The van der Waals surface area contributed by atoms with Crippen LogP contribution in [0.25, 0.3) is 5.69 Å². The zero-order chi connectivity index (χ0) is 19.6. The molecule has 2 aromatic heterocycles. The summed E-state index contributed by atoms with van der Waals surface area (Å²) >= 11 is 6.21. The van der Waals surface area contributed by atoms with E-state index in [1.165, 1.54) is 0 Å². The summed E-state index contributed by atoms with van der Waals surface area (Å²) in [4.78, 5) is 14.5. The van der Waals surface area contributed by atoms with Gasteiger partial charge < -0.3 is 9.73 Å². The quantitative estimate of drug-likeness (QED) is 0.700. The molecule has 142 valence electrons. The van der Waals surface area contributed by atoms with Crippen molar-refractivity contribution in [1.29, 1.82) is 0 Å². The third-order valence-electron chi connectivity index (χ3n) is 4.53. The Hall–Kier alpha value is -2.57. The van der Waals surface area contributed by atoms with E-state index in [4.69, 9.17) is 16.0 Å². The lowest BCUT2D eigenvalue weighted by Crippen LogP contribution is -2.34. The van der Waals surface area contributed by atoms with E-state index in [1.807, 2.05) is 57.1 Å². The van der Waals surface area contributed by atoms with Gasteiger partial charge in [-0.25, -0.2) is 4.68 Å². The zero-order valence-electron chi connectivity index (χ0n) is 15.9. The van der Waals surface area contributed by atoms with Crippen LogP contribution in [0.1, 0.15) is 33.5 Å². The predicted molar refractivity (Wildman–Crippen MR) is 106 cm³/mol. The lowest BCUT2D eigenvalue weighted by atomic mass is 10.1. The molecule has 3 aromatic rings. The lowest BCUT2D eigenvalue weighted by molar-refractivity contribution is 0.0939. The summed E-state index contributed by atoms with van der Waals surface area (Å²) in [5.41, 5.74) is 3.10. The number of nitrogens with one attached hydrogen (secondary N) is 1. The zero-order valence-corrected chi connectivity index (χ0v) is 16.6. The second-order valence-corrected chi connectivity index (χ2v) is 7.03. The highest BCUT2D eigenvalue weighted by atomic mass is 35.5. The number of aryl methyl sites for hydroxylation is 1. The largest absolute Gasteiger partial charge is 0.468 e. The Labute approximate surface area is 163 Å². The van der Waals surface area contributed by atoms with Crippen LogP contribution >= 0.6 is 11.6 Å². The molecule has 0 fully saturated rings. The molecule has 7 heteroatoms. The number of nitrogens with zero attached hydrogens (tertiary/aromatic N) is 3. The van der Waals surface area contributed by atoms with E-state index in [-0.39, 0.29) is 11.9 Å². The fourth-order valence-corrected chi connectivity index (χ4v) is 3.06. The van der Waals surface area contributed by atoms with Crippen molar-refractivity contribution in [2.75, 3.05) is 20.6 Å². The molecule has 0 spiro atoms. The van der Waals surface area contributed by atoms with Crippen molar-refractivity contribution < 1.29 is 9.21 Å². The molecule has 0 aliphatic heterocycles. The lowest BCUT2D eigenvalue weighted by Gasteiger charge is -2.22. The van der Waals surface area contributed by atoms with Crippen LogP contribution in [0.5, 0.6) is 0 Å². The van der Waals surface area contributed by atoms with Gasteiger partial charge in [-0.05, 0) is 64.3 Å². The predicted octanol–water partition coefficient (Wildman–Crippen LogP) is 3.77. The maximum absolute atomic E-state index is 12.5. The highest BCUT2D eigenvalue weighted by molar-refractivity contribution is 6.31. The summed E-state index contributed by atoms with van der Waals surface area (Å²) in [6, 6.07) is 11.0. The number of aromatic nitrogens is 2. The molecular formula is C20H23ClN4O2. The molecule has 1 atom stereocenters. The van der Waals surface area contributed by atoms with Crippen molar-refractivity contribution in [3.05, 3.63) is 70.4 Å². The molecule has 6 nitrogen and oxygen atoms in total. The van der Waals surface area contributed by atoms with Gasteiger partial charge in [0.1, 0.15) is 5.76 Å². The summed E-state index contributed by atoms with van der Waals surface area (Å²) in [6.45, 7) is 4.24. The normalized spacial score (nSPS) is 12.4. The Morgan fingerprint density at radius 3 is 2.48 bits per heavy atom. The Morgan fingerprint density at radius 2 is 1.96 bits per heavy atom. The first kappa shape index (κ1) is 19.2. The topological polar surface area (TPSA) is 63.3 Å². The molecule has 0 bridgehead atoms. The summed E-state index contributed by atoms with van der Waals surface area (Å²) in [6.07, 6.45) is 1.64. The third kappa shape index (κ3) is 4.07. The van der Waals surface area contributed by atoms with Gasteiger partial charge >= 0.3 is 0 Å². The highest BCUT2D eigenvalue weighted by Gasteiger charge is 2.18. The minimum Gasteiger partial charge on any atom is -0.468 e. The molecule has 1 aromatic carbocycles. The van der Waals surface area contributed by atoms with E-state index in [1.54, 1.807) is 23.1 Å². The minimum absolute atomic E-state index is 0.0277. The van der Waals surface area contributed by atoms with Crippen LogP contribution in [0.15, 0.2) is 47.1 Å². The van der Waals surface area contributed by atoms with E-state index >= 15 is 0 Å². The number of carbonyl (C=O) groups is 1. The monoisotopic (exact) mass is 386 g/mol. The van der Waals surface area contributed by atoms with E-state index < -0.39 is 0 Å². The second kappa shape index (κ2) is 7.98. The van der Waals surface area contributed by atoms with Gasteiger partial charge in [-0.15, -0.1) is 0 Å². The fraction of sp³-hybridized carbons (Fsp3) is 0.300. The van der Waals surface area contributed by atoms with Crippen molar-refractivity contribution in [2.45, 2.75) is 19.9 Å². The smallest absolute Gasteiger partial charge is 0.251 e. The summed E-state index contributed by atoms with van der Waals surface area (Å²) in [7, 11) is 3.90. The van der Waals surface area contributed by atoms with Crippen molar-refractivity contribution >= 4 is 17.5 Å². The number of benzene rings is 1. The molecule has 1 unspecified atom stereocenters. The first-order chi connectivity index (χ1) is 12.9. The van der Waals surface area contributed by atoms with Gasteiger partial charge in [0.15, 0.2) is 0 Å². The maximum atomic E-state index is 12.5. The Balaban J connectivity index is 1.69. The second-order valence-electron chi connectivity index (χ2n) is 6.65. The summed E-state index contributed by atoms with van der Waals surface area (Å²) in [5.74, 6) is 0.684. The van der Waals surface area contributed by atoms with Crippen LogP contribution in [0, 0.1) is 13.8 Å². The minimum atomic E-state index is -0.133. The van der Waals surface area contributed by atoms with Gasteiger partial charge in [-0.1, -0.05) is 11.6 Å². The number of hydrogen-bond acceptors (Lipinski definition) is 4. The number of hydrogen-bond donors (Lipinski definition) is 1. The molecule has 2 heterocycles. The van der Waals surface area contributed by atoms with E-state index in [0.29, 0.717) is 17.1 Å². The van der Waals surface area contributed by atoms with Gasteiger partial charge in [0.25, 0.3) is 5.91 Å². The van der Waals surface area contributed by atoms with Crippen molar-refractivity contribution in [2.24, 2.45) is 0 Å². The van der Waals surface area contributed by atoms with Crippen molar-refractivity contribution in [3.8, 4) is 5.69 Å². The van der Waals surface area contributed by atoms with Crippen molar-refractivity contribution in [1.82, 2.24) is 20.0 Å². The van der Waals surface area contributed by atoms with Gasteiger partial charge in [0.05, 0.1) is 34.4 Å². The standard InChI is InChI=1S/C20H23ClN4O2/c1-13-19(21)14(2)25(23-13)16-9-7-15(8-10-16)20(26)22-12-17(24(3)4)18-6-5-11-27-18/h5-11,17H,12H2,1-4H3,(H,22,26). The molecule has 3 rings (SSSR count). The molecule has 27 heavy (non-hydrogen) atoms.